The average molecular weight is 390 g/mol. The number of aromatic nitrogens is 2. The SMILES string of the molecule is COc1cccc(-n2nc(C)cc2C(=O)N2CCN(c3cccc(C)c3)CC2)c1. The fourth-order valence-electron chi connectivity index (χ4n) is 3.75. The van der Waals surface area contributed by atoms with E-state index >= 15 is 0 Å². The van der Waals surface area contributed by atoms with Crippen molar-refractivity contribution in [3.63, 3.8) is 0 Å². The van der Waals surface area contributed by atoms with Crippen LogP contribution in [0.3, 0.4) is 0 Å². The summed E-state index contributed by atoms with van der Waals surface area (Å²) in [5.74, 6) is 0.748. The van der Waals surface area contributed by atoms with Crippen LogP contribution in [0.2, 0.25) is 0 Å². The van der Waals surface area contributed by atoms with Gasteiger partial charge in [-0.1, -0.05) is 18.2 Å². The number of anilines is 1. The average Bonchev–Trinajstić information content (AvgIpc) is 3.15. The molecule has 1 aliphatic rings. The number of rotatable bonds is 4. The van der Waals surface area contributed by atoms with Crippen LogP contribution in [0, 0.1) is 13.8 Å². The number of nitrogens with zero attached hydrogens (tertiary/aromatic N) is 4. The molecule has 1 aromatic heterocycles. The Morgan fingerprint density at radius 2 is 1.66 bits per heavy atom. The number of benzene rings is 2. The summed E-state index contributed by atoms with van der Waals surface area (Å²) in [5.41, 5.74) is 4.68. The maximum absolute atomic E-state index is 13.3. The molecule has 2 heterocycles. The van der Waals surface area contributed by atoms with Gasteiger partial charge in [0.15, 0.2) is 0 Å². The molecule has 3 aromatic rings. The summed E-state index contributed by atoms with van der Waals surface area (Å²) >= 11 is 0. The molecule has 4 rings (SSSR count). The predicted molar refractivity (Wildman–Crippen MR) is 114 cm³/mol. The van der Waals surface area contributed by atoms with Gasteiger partial charge in [0.05, 0.1) is 18.5 Å². The highest BCUT2D eigenvalue weighted by Gasteiger charge is 2.25. The van der Waals surface area contributed by atoms with E-state index in [4.69, 9.17) is 4.74 Å². The van der Waals surface area contributed by atoms with E-state index in [0.717, 1.165) is 30.2 Å². The highest BCUT2D eigenvalue weighted by molar-refractivity contribution is 5.93. The Morgan fingerprint density at radius 3 is 2.38 bits per heavy atom. The Balaban J connectivity index is 1.52. The van der Waals surface area contributed by atoms with Gasteiger partial charge in [-0.05, 0) is 49.7 Å². The van der Waals surface area contributed by atoms with Gasteiger partial charge in [0.1, 0.15) is 11.4 Å². The van der Waals surface area contributed by atoms with E-state index in [1.165, 1.54) is 11.3 Å². The highest BCUT2D eigenvalue weighted by atomic mass is 16.5. The summed E-state index contributed by atoms with van der Waals surface area (Å²) in [6.45, 7) is 7.03. The molecule has 0 radical (unpaired) electrons. The van der Waals surface area contributed by atoms with Crippen LogP contribution in [-0.4, -0.2) is 53.9 Å². The van der Waals surface area contributed by atoms with Gasteiger partial charge >= 0.3 is 0 Å². The quantitative estimate of drug-likeness (QED) is 0.685. The van der Waals surface area contributed by atoms with E-state index in [9.17, 15) is 4.79 Å². The summed E-state index contributed by atoms with van der Waals surface area (Å²) < 4.78 is 7.04. The van der Waals surface area contributed by atoms with Crippen molar-refractivity contribution in [2.24, 2.45) is 0 Å². The molecule has 1 fully saturated rings. The normalized spacial score (nSPS) is 14.2. The van der Waals surface area contributed by atoms with Crippen LogP contribution in [0.4, 0.5) is 5.69 Å². The number of hydrogen-bond donors (Lipinski definition) is 0. The van der Waals surface area contributed by atoms with E-state index in [0.29, 0.717) is 18.8 Å². The molecular formula is C23H26N4O2. The second-order valence-electron chi connectivity index (χ2n) is 7.40. The molecule has 6 nitrogen and oxygen atoms in total. The van der Waals surface area contributed by atoms with Crippen LogP contribution < -0.4 is 9.64 Å². The van der Waals surface area contributed by atoms with Gasteiger partial charge in [-0.25, -0.2) is 4.68 Å². The lowest BCUT2D eigenvalue weighted by molar-refractivity contribution is 0.0737. The van der Waals surface area contributed by atoms with E-state index in [1.54, 1.807) is 11.8 Å². The van der Waals surface area contributed by atoms with Crippen molar-refractivity contribution in [1.82, 2.24) is 14.7 Å². The van der Waals surface area contributed by atoms with Gasteiger partial charge in [-0.3, -0.25) is 4.79 Å². The van der Waals surface area contributed by atoms with Crippen molar-refractivity contribution < 1.29 is 9.53 Å². The molecule has 0 saturated carbocycles. The first-order valence-electron chi connectivity index (χ1n) is 9.87. The van der Waals surface area contributed by atoms with Gasteiger partial charge in [-0.15, -0.1) is 0 Å². The minimum atomic E-state index is 0.0114. The number of amides is 1. The molecule has 0 unspecified atom stereocenters. The number of carbonyl (C=O) groups is 1. The molecule has 150 valence electrons. The molecule has 0 aliphatic carbocycles. The van der Waals surface area contributed by atoms with Gasteiger partial charge in [0, 0.05) is 37.9 Å². The smallest absolute Gasteiger partial charge is 0.272 e. The molecule has 2 aromatic carbocycles. The van der Waals surface area contributed by atoms with Gasteiger partial charge in [0.25, 0.3) is 5.91 Å². The van der Waals surface area contributed by atoms with Crippen molar-refractivity contribution in [3.8, 4) is 11.4 Å². The molecular weight excluding hydrogens is 364 g/mol. The van der Waals surface area contributed by atoms with Gasteiger partial charge in [0.2, 0.25) is 0 Å². The second-order valence-corrected chi connectivity index (χ2v) is 7.40. The standard InChI is InChI=1S/C23H26N4O2/c1-17-6-4-7-19(14-17)25-10-12-26(13-11-25)23(28)22-15-18(2)24-27(22)20-8-5-9-21(16-20)29-3/h4-9,14-16H,10-13H2,1-3H3. The van der Waals surface area contributed by atoms with Crippen LogP contribution >= 0.6 is 0 Å². The molecule has 29 heavy (non-hydrogen) atoms. The molecule has 0 atom stereocenters. The zero-order valence-electron chi connectivity index (χ0n) is 17.1. The minimum Gasteiger partial charge on any atom is -0.497 e. The van der Waals surface area contributed by atoms with Gasteiger partial charge in [-0.2, -0.15) is 5.10 Å². The van der Waals surface area contributed by atoms with Crippen molar-refractivity contribution in [3.05, 3.63) is 71.5 Å². The van der Waals surface area contributed by atoms with Crippen LogP contribution in [0.25, 0.3) is 5.69 Å². The van der Waals surface area contributed by atoms with Crippen molar-refractivity contribution >= 4 is 11.6 Å². The van der Waals surface area contributed by atoms with Crippen LogP contribution in [0.1, 0.15) is 21.7 Å². The Labute approximate surface area is 171 Å². The molecule has 0 bridgehead atoms. The third-order valence-corrected chi connectivity index (χ3v) is 5.28. The maximum atomic E-state index is 13.3. The molecule has 0 spiro atoms. The Kier molecular flexibility index (Phi) is 5.25. The maximum Gasteiger partial charge on any atom is 0.272 e. The Bertz CT molecular complexity index is 1020. The molecule has 1 saturated heterocycles. The van der Waals surface area contributed by atoms with Crippen LogP contribution in [0.15, 0.2) is 54.6 Å². The highest BCUT2D eigenvalue weighted by Crippen LogP contribution is 2.21. The first-order valence-corrected chi connectivity index (χ1v) is 9.87. The lowest BCUT2D eigenvalue weighted by Crippen LogP contribution is -2.49. The molecule has 6 heteroatoms. The second kappa shape index (κ2) is 7.99. The molecule has 0 N–H and O–H groups in total. The summed E-state index contributed by atoms with van der Waals surface area (Å²) in [5, 5.41) is 4.55. The Morgan fingerprint density at radius 1 is 0.931 bits per heavy atom. The third-order valence-electron chi connectivity index (χ3n) is 5.28. The monoisotopic (exact) mass is 390 g/mol. The van der Waals surface area contributed by atoms with Crippen molar-refractivity contribution in [2.45, 2.75) is 13.8 Å². The number of aryl methyl sites for hydroxylation is 2. The molecule has 1 amide bonds. The number of piperazine rings is 1. The zero-order valence-corrected chi connectivity index (χ0v) is 17.1. The van der Waals surface area contributed by atoms with E-state index in [2.05, 4.69) is 41.2 Å². The number of ether oxygens (including phenoxy) is 1. The first kappa shape index (κ1) is 19.1. The summed E-state index contributed by atoms with van der Waals surface area (Å²) in [4.78, 5) is 17.5. The third kappa shape index (κ3) is 3.97. The zero-order chi connectivity index (χ0) is 20.4. The van der Waals surface area contributed by atoms with Gasteiger partial charge < -0.3 is 14.5 Å². The first-order chi connectivity index (χ1) is 14.0. The van der Waals surface area contributed by atoms with Crippen molar-refractivity contribution in [2.75, 3.05) is 38.2 Å². The predicted octanol–water partition coefficient (Wildman–Crippen LogP) is 3.46. The summed E-state index contributed by atoms with van der Waals surface area (Å²) in [6, 6.07) is 18.0. The largest absolute Gasteiger partial charge is 0.497 e. The lowest BCUT2D eigenvalue weighted by Gasteiger charge is -2.36. The summed E-state index contributed by atoms with van der Waals surface area (Å²) in [6.07, 6.45) is 0. The topological polar surface area (TPSA) is 50.6 Å². The molecule has 1 aliphatic heterocycles. The van der Waals surface area contributed by atoms with E-state index < -0.39 is 0 Å². The lowest BCUT2D eigenvalue weighted by atomic mass is 10.2. The fourth-order valence-corrected chi connectivity index (χ4v) is 3.75. The number of hydrogen-bond acceptors (Lipinski definition) is 4. The van der Waals surface area contributed by atoms with Crippen molar-refractivity contribution in [1.29, 1.82) is 0 Å². The minimum absolute atomic E-state index is 0.0114. The van der Waals surface area contributed by atoms with Crippen LogP contribution in [-0.2, 0) is 0 Å². The Hall–Kier alpha value is -3.28. The number of carbonyl (C=O) groups excluding carboxylic acids is 1. The van der Waals surface area contributed by atoms with E-state index in [-0.39, 0.29) is 5.91 Å². The van der Waals surface area contributed by atoms with Crippen LogP contribution in [0.5, 0.6) is 5.75 Å². The van der Waals surface area contributed by atoms with E-state index in [1.807, 2.05) is 42.2 Å². The fraction of sp³-hybridized carbons (Fsp3) is 0.304. The number of methoxy groups -OCH3 is 1. The summed E-state index contributed by atoms with van der Waals surface area (Å²) in [7, 11) is 1.63.